The van der Waals surface area contributed by atoms with Gasteiger partial charge in [-0.15, -0.1) is 0 Å². The number of hydrogen-bond donors (Lipinski definition) is 1. The lowest BCUT2D eigenvalue weighted by molar-refractivity contribution is -0.0611. The Balaban J connectivity index is 3.72. The highest BCUT2D eigenvalue weighted by molar-refractivity contribution is 7.80. The summed E-state index contributed by atoms with van der Waals surface area (Å²) >= 11 is 0. The van der Waals surface area contributed by atoms with Crippen molar-refractivity contribution in [1.82, 2.24) is 0 Å². The number of rotatable bonds is 54. The number of unbranched alkanes of at least 4 members (excludes halogenated alkanes) is 10. The van der Waals surface area contributed by atoms with E-state index < -0.39 is 22.6 Å². The minimum absolute atomic E-state index is 0.263. The molecule has 62 heavy (non-hydrogen) atoms. The summed E-state index contributed by atoms with van der Waals surface area (Å²) in [4.78, 5) is 0. The first-order chi connectivity index (χ1) is 30.4. The average Bonchev–Trinajstić information content (AvgIpc) is 3.25. The quantitative estimate of drug-likeness (QED) is 0.0599. The molecule has 2 atom stereocenters. The second kappa shape index (κ2) is 50.8. The van der Waals surface area contributed by atoms with Gasteiger partial charge in [-0.25, -0.2) is 4.18 Å². The highest BCUT2D eigenvalue weighted by Gasteiger charge is 2.27. The molecule has 2 unspecified atom stereocenters. The molecule has 0 aromatic carbocycles. The van der Waals surface area contributed by atoms with Gasteiger partial charge >= 0.3 is 10.4 Å². The third kappa shape index (κ3) is 49.8. The predicted molar refractivity (Wildman–Crippen MR) is 233 cm³/mol. The van der Waals surface area contributed by atoms with Gasteiger partial charge in [-0.2, -0.15) is 13.7 Å². The summed E-state index contributed by atoms with van der Waals surface area (Å²) in [6.45, 7) is 13.4. The van der Waals surface area contributed by atoms with E-state index in [4.69, 9.17) is 71.0 Å². The molecule has 0 radical (unpaired) electrons. The summed E-state index contributed by atoms with van der Waals surface area (Å²) in [5.41, 5.74) is 0. The maximum atomic E-state index is 11.7. The zero-order chi connectivity index (χ0) is 45.1. The number of hydrogen-bond acceptors (Lipinski definition) is 17. The van der Waals surface area contributed by atoms with Crippen molar-refractivity contribution in [2.24, 2.45) is 0 Å². The number of ether oxygens (including phenoxy) is 13. The van der Waals surface area contributed by atoms with Crippen molar-refractivity contribution in [3.8, 4) is 6.07 Å². The Bertz CT molecular complexity index is 1030. The zero-order valence-corrected chi connectivity index (χ0v) is 39.2. The fourth-order valence-electron chi connectivity index (χ4n) is 5.74. The fraction of sp³-hybridized carbons (Fsp3) is 0.977. The van der Waals surface area contributed by atoms with E-state index in [1.165, 1.54) is 19.3 Å². The van der Waals surface area contributed by atoms with Gasteiger partial charge in [0.25, 0.3) is 0 Å². The lowest BCUT2D eigenvalue weighted by Crippen LogP contribution is -2.34. The summed E-state index contributed by atoms with van der Waals surface area (Å²) in [7, 11) is -3.00. The molecule has 0 aromatic heterocycles. The van der Waals surface area contributed by atoms with Crippen LogP contribution in [-0.2, 0) is 76.2 Å². The van der Waals surface area contributed by atoms with Gasteiger partial charge in [-0.3, -0.25) is 4.55 Å². The van der Waals surface area contributed by atoms with Crippen molar-refractivity contribution in [3.05, 3.63) is 0 Å². The van der Waals surface area contributed by atoms with Crippen LogP contribution >= 0.6 is 0 Å². The van der Waals surface area contributed by atoms with Crippen LogP contribution in [0.3, 0.4) is 0 Å². The highest BCUT2D eigenvalue weighted by atomic mass is 32.3. The van der Waals surface area contributed by atoms with E-state index in [0.717, 1.165) is 51.4 Å². The van der Waals surface area contributed by atoms with Gasteiger partial charge in [0.1, 0.15) is 6.10 Å². The zero-order valence-electron chi connectivity index (χ0n) is 38.4. The van der Waals surface area contributed by atoms with Crippen molar-refractivity contribution in [3.63, 3.8) is 0 Å². The van der Waals surface area contributed by atoms with Crippen molar-refractivity contribution in [2.45, 2.75) is 109 Å². The van der Waals surface area contributed by atoms with Gasteiger partial charge in [0.2, 0.25) is 0 Å². The van der Waals surface area contributed by atoms with E-state index in [9.17, 15) is 13.0 Å². The van der Waals surface area contributed by atoms with Crippen LogP contribution < -0.4 is 0 Å². The van der Waals surface area contributed by atoms with Gasteiger partial charge in [-0.05, 0) is 19.3 Å². The molecule has 0 fully saturated rings. The standard InChI is InChI=1S/C43H85NO17S/c1-3-4-5-6-9-12-15-42(43(61-62(45,46)47)16-13-10-7-8-11-14-17-44)60-41-40-59-39-38-58-37-36-57-35-34-56-33-32-55-31-30-54-29-28-53-27-26-52-25-24-51-23-22-50-21-20-49-19-18-48-2/h42-43H,3-16,18-41H2,1-2H3,(H,45,46,47). The van der Waals surface area contributed by atoms with Crippen LogP contribution in [0, 0.1) is 11.3 Å². The molecule has 0 amide bonds. The smallest absolute Gasteiger partial charge is 0.382 e. The van der Waals surface area contributed by atoms with Gasteiger partial charge in [-0.1, -0.05) is 71.1 Å². The Morgan fingerprint density at radius 1 is 0.419 bits per heavy atom. The molecule has 0 aliphatic carbocycles. The number of nitriles is 1. The minimum atomic E-state index is -4.64. The van der Waals surface area contributed by atoms with Crippen LogP contribution in [0.2, 0.25) is 0 Å². The van der Waals surface area contributed by atoms with Crippen molar-refractivity contribution < 1.29 is 78.7 Å². The summed E-state index contributed by atoms with van der Waals surface area (Å²) in [6, 6.07) is 2.15. The van der Waals surface area contributed by atoms with Gasteiger partial charge in [0, 0.05) is 13.5 Å². The van der Waals surface area contributed by atoms with E-state index in [2.05, 4.69) is 13.0 Å². The molecule has 1 N–H and O–H groups in total. The summed E-state index contributed by atoms with van der Waals surface area (Å²) < 4.78 is 109. The molecule has 19 heteroatoms. The van der Waals surface area contributed by atoms with Gasteiger partial charge in [0.05, 0.1) is 171 Å². The third-order valence-electron chi connectivity index (χ3n) is 8.99. The van der Waals surface area contributed by atoms with Crippen LogP contribution in [0.5, 0.6) is 0 Å². The van der Waals surface area contributed by atoms with Crippen LogP contribution in [0.4, 0.5) is 0 Å². The molecule has 0 saturated heterocycles. The first-order valence-electron chi connectivity index (χ1n) is 22.9. The average molecular weight is 920 g/mol. The lowest BCUT2D eigenvalue weighted by atomic mass is 9.99. The molecular formula is C43H85NO17S. The van der Waals surface area contributed by atoms with E-state index in [0.29, 0.717) is 171 Å². The lowest BCUT2D eigenvalue weighted by Gasteiger charge is -2.26. The second-order valence-corrected chi connectivity index (χ2v) is 15.3. The van der Waals surface area contributed by atoms with Gasteiger partial charge in [0.15, 0.2) is 0 Å². The molecule has 0 aromatic rings. The summed E-state index contributed by atoms with van der Waals surface area (Å²) in [5.74, 6) is 0. The molecule has 370 valence electrons. The second-order valence-electron chi connectivity index (χ2n) is 14.2. The first kappa shape index (κ1) is 60.8. The van der Waals surface area contributed by atoms with Crippen molar-refractivity contribution in [2.75, 3.05) is 166 Å². The molecule has 0 saturated carbocycles. The van der Waals surface area contributed by atoms with Crippen molar-refractivity contribution in [1.29, 1.82) is 5.26 Å². The molecule has 0 spiro atoms. The van der Waals surface area contributed by atoms with E-state index in [1.54, 1.807) is 7.11 Å². The Hall–Kier alpha value is -1.16. The minimum Gasteiger partial charge on any atom is -0.382 e. The molecular weight excluding hydrogens is 835 g/mol. The van der Waals surface area contributed by atoms with Crippen molar-refractivity contribution >= 4 is 10.4 Å². The monoisotopic (exact) mass is 920 g/mol. The topological polar surface area (TPSA) is 207 Å². The summed E-state index contributed by atoms with van der Waals surface area (Å²) in [6.07, 6.45) is 11.3. The summed E-state index contributed by atoms with van der Waals surface area (Å²) in [5, 5.41) is 8.72. The third-order valence-corrected chi connectivity index (χ3v) is 9.48. The molecule has 0 rings (SSSR count). The van der Waals surface area contributed by atoms with E-state index >= 15 is 0 Å². The Kier molecular flexibility index (Phi) is 49.9. The fourth-order valence-corrected chi connectivity index (χ4v) is 6.27. The maximum absolute atomic E-state index is 11.7. The van der Waals surface area contributed by atoms with Crippen LogP contribution in [-0.4, -0.2) is 191 Å². The van der Waals surface area contributed by atoms with E-state index in [1.807, 2.05) is 0 Å². The molecule has 0 aliphatic rings. The van der Waals surface area contributed by atoms with Crippen LogP contribution in [0.25, 0.3) is 0 Å². The SMILES string of the molecule is CCCCCCCCC(OCCOCCOCCOCCOCCOCCOCCOCCOCCOCCOCCOCCOC)C(CCCCCCCC#N)OS(=O)(=O)O. The Labute approximate surface area is 374 Å². The van der Waals surface area contributed by atoms with Crippen LogP contribution in [0.15, 0.2) is 0 Å². The normalized spacial score (nSPS) is 12.9. The predicted octanol–water partition coefficient (Wildman–Crippen LogP) is 5.39. The van der Waals surface area contributed by atoms with E-state index in [-0.39, 0.29) is 6.61 Å². The molecule has 18 nitrogen and oxygen atoms in total. The van der Waals surface area contributed by atoms with Gasteiger partial charge < -0.3 is 61.6 Å². The highest BCUT2D eigenvalue weighted by Crippen LogP contribution is 2.21. The Morgan fingerprint density at radius 2 is 0.710 bits per heavy atom. The maximum Gasteiger partial charge on any atom is 0.397 e. The first-order valence-corrected chi connectivity index (χ1v) is 24.3. The number of methoxy groups -OCH3 is 1. The Morgan fingerprint density at radius 3 is 1.03 bits per heavy atom. The molecule has 0 aliphatic heterocycles. The molecule has 0 bridgehead atoms. The van der Waals surface area contributed by atoms with Crippen LogP contribution in [0.1, 0.15) is 96.8 Å². The number of nitrogens with zero attached hydrogens (tertiary/aromatic N) is 1. The largest absolute Gasteiger partial charge is 0.397 e. The molecule has 0 heterocycles.